The molecule has 0 bridgehead atoms. The minimum Gasteiger partial charge on any atom is -0.497 e. The fourth-order valence-corrected chi connectivity index (χ4v) is 1.15. The lowest BCUT2D eigenvalue weighted by Crippen LogP contribution is -1.87. The van der Waals surface area contributed by atoms with E-state index in [9.17, 15) is 0 Å². The normalized spacial score (nSPS) is 9.60. The van der Waals surface area contributed by atoms with Gasteiger partial charge in [-0.2, -0.15) is 0 Å². The Labute approximate surface area is 91.3 Å². The average Bonchev–Trinajstić information content (AvgIpc) is 2.24. The zero-order chi connectivity index (χ0) is 11.1. The van der Waals surface area contributed by atoms with Crippen LogP contribution in [0.1, 0.15) is 25.5 Å². The summed E-state index contributed by atoms with van der Waals surface area (Å²) in [7, 11) is 1.66. The topological polar surface area (TPSA) is 22.1 Å². The van der Waals surface area contributed by atoms with E-state index in [1.807, 2.05) is 36.4 Å². The lowest BCUT2D eigenvalue weighted by Gasteiger charge is -1.99. The van der Waals surface area contributed by atoms with Crippen LogP contribution in [0.2, 0.25) is 0 Å². The Balaban J connectivity index is 3.14. The van der Waals surface area contributed by atoms with Gasteiger partial charge in [0.05, 0.1) is 7.11 Å². The third kappa shape index (κ3) is 3.98. The summed E-state index contributed by atoms with van der Waals surface area (Å²) in [5.74, 6) is 1.25. The van der Waals surface area contributed by atoms with E-state index in [0.717, 1.165) is 11.4 Å². The molecule has 0 N–H and O–H groups in total. The molecule has 2 heteroatoms. The second-order valence-corrected chi connectivity index (χ2v) is 3.54. The summed E-state index contributed by atoms with van der Waals surface area (Å²) in [5, 5.41) is 0. The van der Waals surface area contributed by atoms with Crippen molar-refractivity contribution in [3.8, 4) is 5.75 Å². The van der Waals surface area contributed by atoms with Gasteiger partial charge in [0.25, 0.3) is 0 Å². The summed E-state index contributed by atoms with van der Waals surface area (Å²) in [4.78, 5) is 4.37. The van der Waals surface area contributed by atoms with Gasteiger partial charge in [0.2, 0.25) is 0 Å². The van der Waals surface area contributed by atoms with Gasteiger partial charge in [0.15, 0.2) is 0 Å². The molecule has 0 saturated carbocycles. The molecule has 1 aromatic heterocycles. The highest BCUT2D eigenvalue weighted by Crippen LogP contribution is 2.09. The molecule has 1 aromatic rings. The number of rotatable bonds is 2. The van der Waals surface area contributed by atoms with Gasteiger partial charge in [-0.25, -0.2) is 0 Å². The van der Waals surface area contributed by atoms with Gasteiger partial charge in [-0.1, -0.05) is 26.0 Å². The Morgan fingerprint density at radius 3 is 2.40 bits per heavy atom. The van der Waals surface area contributed by atoms with Crippen molar-refractivity contribution in [2.24, 2.45) is 0 Å². The van der Waals surface area contributed by atoms with Crippen molar-refractivity contribution in [3.05, 3.63) is 48.3 Å². The highest BCUT2D eigenvalue weighted by Gasteiger charge is 1.94. The molecule has 0 amide bonds. The van der Waals surface area contributed by atoms with Crippen LogP contribution in [-0.2, 0) is 0 Å². The number of methoxy groups -OCH3 is 1. The van der Waals surface area contributed by atoms with Gasteiger partial charge in [0, 0.05) is 11.9 Å². The number of hydrogen-bond donors (Lipinski definition) is 0. The van der Waals surface area contributed by atoms with Crippen molar-refractivity contribution in [3.63, 3.8) is 0 Å². The summed E-state index contributed by atoms with van der Waals surface area (Å²) in [6.45, 7) is 4.26. The van der Waals surface area contributed by atoms with Gasteiger partial charge in [-0.05, 0) is 30.2 Å². The number of aromatic nitrogens is 1. The number of nitrogens with zero attached hydrogens (tertiary/aromatic N) is 1. The molecule has 1 rings (SSSR count). The Hall–Kier alpha value is -1.57. The van der Waals surface area contributed by atoms with Gasteiger partial charge >= 0.3 is 0 Å². The average molecular weight is 203 g/mol. The first-order chi connectivity index (χ1) is 7.24. The van der Waals surface area contributed by atoms with E-state index in [4.69, 9.17) is 4.74 Å². The van der Waals surface area contributed by atoms with Crippen molar-refractivity contribution in [2.45, 2.75) is 19.8 Å². The van der Waals surface area contributed by atoms with Crippen molar-refractivity contribution < 1.29 is 4.74 Å². The van der Waals surface area contributed by atoms with Crippen LogP contribution in [0, 0.1) is 0 Å². The Bertz CT molecular complexity index is 332. The molecule has 0 spiro atoms. The van der Waals surface area contributed by atoms with Crippen LogP contribution in [0.4, 0.5) is 0 Å². The highest BCUT2D eigenvalue weighted by molar-refractivity contribution is 5.18. The van der Waals surface area contributed by atoms with Gasteiger partial charge in [0.1, 0.15) is 5.75 Å². The predicted molar refractivity (Wildman–Crippen MR) is 62.5 cm³/mol. The molecule has 0 aliphatic rings. The van der Waals surface area contributed by atoms with E-state index >= 15 is 0 Å². The molecule has 15 heavy (non-hydrogen) atoms. The maximum atomic E-state index is 5.14. The maximum Gasteiger partial charge on any atom is 0.118 e. The quantitative estimate of drug-likeness (QED) is 0.735. The van der Waals surface area contributed by atoms with E-state index in [-0.39, 0.29) is 0 Å². The van der Waals surface area contributed by atoms with E-state index in [0.29, 0.717) is 5.92 Å². The van der Waals surface area contributed by atoms with E-state index in [2.05, 4.69) is 18.8 Å². The molecule has 0 saturated heterocycles. The Morgan fingerprint density at radius 2 is 1.73 bits per heavy atom. The van der Waals surface area contributed by atoms with Crippen LogP contribution in [-0.4, -0.2) is 12.1 Å². The first-order valence-corrected chi connectivity index (χ1v) is 5.07. The lowest BCUT2D eigenvalue weighted by molar-refractivity contribution is 0.415. The summed E-state index contributed by atoms with van der Waals surface area (Å²) >= 11 is 0. The van der Waals surface area contributed by atoms with E-state index < -0.39 is 0 Å². The fraction of sp³-hybridized carbons (Fsp3) is 0.308. The van der Waals surface area contributed by atoms with Crippen LogP contribution >= 0.6 is 0 Å². The number of hydrogen-bond acceptors (Lipinski definition) is 2. The van der Waals surface area contributed by atoms with Crippen molar-refractivity contribution in [1.82, 2.24) is 4.98 Å². The molecule has 0 fully saturated rings. The first kappa shape index (κ1) is 11.5. The first-order valence-electron chi connectivity index (χ1n) is 5.07. The maximum absolute atomic E-state index is 5.14. The minimum atomic E-state index is 0.435. The molecule has 2 nitrogen and oxygen atoms in total. The fourth-order valence-electron chi connectivity index (χ4n) is 1.15. The predicted octanol–water partition coefficient (Wildman–Crippen LogP) is 3.34. The molecular formula is C13H17NO. The summed E-state index contributed by atoms with van der Waals surface area (Å²) < 4.78 is 5.14. The molecular weight excluding hydrogens is 186 g/mol. The smallest absolute Gasteiger partial charge is 0.118 e. The van der Waals surface area contributed by atoms with Crippen LogP contribution in [0.3, 0.4) is 0 Å². The van der Waals surface area contributed by atoms with Crippen molar-refractivity contribution >= 4 is 0 Å². The van der Waals surface area contributed by atoms with Gasteiger partial charge < -0.3 is 4.74 Å². The van der Waals surface area contributed by atoms with E-state index in [1.165, 1.54) is 0 Å². The van der Waals surface area contributed by atoms with Crippen molar-refractivity contribution in [2.75, 3.05) is 7.11 Å². The summed E-state index contributed by atoms with van der Waals surface area (Å²) in [6.07, 6.45) is 1.79. The lowest BCUT2D eigenvalue weighted by atomic mass is 10.1. The van der Waals surface area contributed by atoms with Crippen LogP contribution in [0.5, 0.6) is 5.75 Å². The molecule has 0 aliphatic heterocycles. The molecule has 0 aromatic carbocycles. The molecule has 80 valence electrons. The van der Waals surface area contributed by atoms with Gasteiger partial charge in [-0.3, -0.25) is 4.98 Å². The minimum absolute atomic E-state index is 0.435. The summed E-state index contributed by atoms with van der Waals surface area (Å²) in [5.41, 5.74) is 1.07. The molecule has 1 heterocycles. The monoisotopic (exact) mass is 203 g/mol. The SMILES string of the molecule is COc1ccccc(C(C)C)nccc1. The Morgan fingerprint density at radius 1 is 1.07 bits per heavy atom. The third-order valence-electron chi connectivity index (χ3n) is 2.04. The summed E-state index contributed by atoms with van der Waals surface area (Å²) in [6, 6.07) is 11.6. The number of ether oxygens (including phenoxy) is 1. The Kier molecular flexibility index (Phi) is 4.61. The molecule has 0 atom stereocenters. The molecule has 0 unspecified atom stereocenters. The van der Waals surface area contributed by atoms with E-state index in [1.54, 1.807) is 13.3 Å². The molecule has 0 aliphatic carbocycles. The molecule has 0 radical (unpaired) electrons. The van der Waals surface area contributed by atoms with Crippen LogP contribution in [0.15, 0.2) is 42.6 Å². The highest BCUT2D eigenvalue weighted by atomic mass is 16.5. The zero-order valence-corrected chi connectivity index (χ0v) is 9.47. The zero-order valence-electron chi connectivity index (χ0n) is 9.47. The van der Waals surface area contributed by atoms with Crippen LogP contribution < -0.4 is 4.74 Å². The van der Waals surface area contributed by atoms with Crippen LogP contribution in [0.25, 0.3) is 0 Å². The standard InChI is InChI=1S/C13H17NO/c1-11(2)13-9-5-4-7-12(15-3)8-6-10-14-13/h4-11H,1-3H3. The third-order valence-corrected chi connectivity index (χ3v) is 2.04. The largest absolute Gasteiger partial charge is 0.497 e. The van der Waals surface area contributed by atoms with Gasteiger partial charge in [-0.15, -0.1) is 0 Å². The second kappa shape index (κ2) is 6.02. The second-order valence-electron chi connectivity index (χ2n) is 3.54. The van der Waals surface area contributed by atoms with Crippen molar-refractivity contribution in [1.29, 1.82) is 0 Å².